The number of ether oxygens (including phenoxy) is 2. The molecule has 0 fully saturated rings. The van der Waals surface area contributed by atoms with Crippen LogP contribution in [0.15, 0.2) is 17.0 Å². The third-order valence-electron chi connectivity index (χ3n) is 2.99. The maximum atomic E-state index is 13.7. The van der Waals surface area contributed by atoms with Crippen LogP contribution in [0.3, 0.4) is 0 Å². The predicted molar refractivity (Wildman–Crippen MR) is 78.6 cm³/mol. The van der Waals surface area contributed by atoms with E-state index in [1.807, 2.05) is 0 Å². The van der Waals surface area contributed by atoms with E-state index in [1.54, 1.807) is 0 Å². The van der Waals surface area contributed by atoms with Crippen molar-refractivity contribution in [2.45, 2.75) is 23.8 Å². The van der Waals surface area contributed by atoms with Crippen LogP contribution >= 0.6 is 11.6 Å². The summed E-state index contributed by atoms with van der Waals surface area (Å²) in [5.41, 5.74) is 0.456. The molecule has 0 aliphatic rings. The number of halogens is 2. The van der Waals surface area contributed by atoms with Gasteiger partial charge in [-0.3, -0.25) is 0 Å². The average Bonchev–Trinajstić information content (AvgIpc) is 2.45. The Balaban J connectivity index is 3.00. The molecule has 0 aliphatic carbocycles. The van der Waals surface area contributed by atoms with Crippen molar-refractivity contribution in [2.75, 3.05) is 27.4 Å². The van der Waals surface area contributed by atoms with Crippen LogP contribution in [0.2, 0.25) is 0 Å². The molecular weight excluding hydrogens is 321 g/mol. The lowest BCUT2D eigenvalue weighted by molar-refractivity contribution is 0.0320. The van der Waals surface area contributed by atoms with E-state index in [0.29, 0.717) is 5.56 Å². The van der Waals surface area contributed by atoms with E-state index in [0.717, 1.165) is 0 Å². The molecular formula is C13H19ClFNO4S. The Morgan fingerprint density at radius 1 is 1.38 bits per heavy atom. The van der Waals surface area contributed by atoms with Crippen LogP contribution in [0, 0.1) is 12.7 Å². The number of nitrogens with one attached hydrogen (secondary N) is 1. The number of methoxy groups -OCH3 is 2. The van der Waals surface area contributed by atoms with E-state index in [2.05, 4.69) is 4.72 Å². The van der Waals surface area contributed by atoms with Crippen LogP contribution in [-0.2, 0) is 25.4 Å². The van der Waals surface area contributed by atoms with Gasteiger partial charge in [-0.15, -0.1) is 11.6 Å². The number of hydrogen-bond donors (Lipinski definition) is 1. The van der Waals surface area contributed by atoms with Gasteiger partial charge in [0.15, 0.2) is 0 Å². The second kappa shape index (κ2) is 8.05. The van der Waals surface area contributed by atoms with Crippen LogP contribution in [-0.4, -0.2) is 41.9 Å². The van der Waals surface area contributed by atoms with Crippen molar-refractivity contribution in [3.63, 3.8) is 0 Å². The third kappa shape index (κ3) is 4.89. The molecule has 1 aromatic rings. The van der Waals surface area contributed by atoms with E-state index in [1.165, 1.54) is 33.3 Å². The third-order valence-corrected chi connectivity index (χ3v) is 4.85. The van der Waals surface area contributed by atoms with Gasteiger partial charge in [0.05, 0.1) is 17.6 Å². The molecule has 1 aromatic carbocycles. The van der Waals surface area contributed by atoms with Gasteiger partial charge in [0.1, 0.15) is 5.82 Å². The molecule has 5 nitrogen and oxygen atoms in total. The predicted octanol–water partition coefficient (Wildman–Crippen LogP) is 1.81. The Kier molecular flexibility index (Phi) is 7.02. The van der Waals surface area contributed by atoms with Crippen molar-refractivity contribution >= 4 is 21.6 Å². The highest BCUT2D eigenvalue weighted by molar-refractivity contribution is 7.89. The van der Waals surface area contributed by atoms with Crippen molar-refractivity contribution in [3.05, 3.63) is 29.1 Å². The molecule has 0 saturated carbocycles. The smallest absolute Gasteiger partial charge is 0.241 e. The summed E-state index contributed by atoms with van der Waals surface area (Å²) in [5.74, 6) is -0.571. The summed E-state index contributed by atoms with van der Waals surface area (Å²) in [7, 11) is -0.908. The summed E-state index contributed by atoms with van der Waals surface area (Å²) >= 11 is 5.65. The zero-order valence-electron chi connectivity index (χ0n) is 12.2. The lowest BCUT2D eigenvalue weighted by Crippen LogP contribution is -2.36. The van der Waals surface area contributed by atoms with Gasteiger partial charge in [0.25, 0.3) is 0 Å². The van der Waals surface area contributed by atoms with Crippen LogP contribution in [0.4, 0.5) is 4.39 Å². The van der Waals surface area contributed by atoms with Gasteiger partial charge < -0.3 is 9.47 Å². The van der Waals surface area contributed by atoms with Crippen molar-refractivity contribution < 1.29 is 22.3 Å². The number of benzene rings is 1. The fourth-order valence-electron chi connectivity index (χ4n) is 1.74. The second-order valence-electron chi connectivity index (χ2n) is 4.50. The molecule has 0 radical (unpaired) electrons. The molecule has 0 amide bonds. The van der Waals surface area contributed by atoms with Gasteiger partial charge in [-0.1, -0.05) is 0 Å². The quantitative estimate of drug-likeness (QED) is 0.734. The monoisotopic (exact) mass is 339 g/mol. The first-order chi connectivity index (χ1) is 9.85. The molecule has 120 valence electrons. The molecule has 1 unspecified atom stereocenters. The highest BCUT2D eigenvalue weighted by Gasteiger charge is 2.21. The van der Waals surface area contributed by atoms with Crippen LogP contribution in [0.1, 0.15) is 11.1 Å². The molecule has 1 rings (SSSR count). The zero-order chi connectivity index (χ0) is 16.0. The minimum Gasteiger partial charge on any atom is -0.382 e. The lowest BCUT2D eigenvalue weighted by atomic mass is 10.1. The number of hydrogen-bond acceptors (Lipinski definition) is 4. The van der Waals surface area contributed by atoms with Crippen LogP contribution < -0.4 is 4.72 Å². The minimum atomic E-state index is -3.85. The molecule has 1 atom stereocenters. The van der Waals surface area contributed by atoms with E-state index in [9.17, 15) is 12.8 Å². The topological polar surface area (TPSA) is 64.6 Å². The molecule has 0 saturated heterocycles. The first-order valence-electron chi connectivity index (χ1n) is 6.22. The fourth-order valence-corrected chi connectivity index (χ4v) is 3.26. The first kappa shape index (κ1) is 18.3. The number of rotatable bonds is 8. The molecule has 8 heteroatoms. The van der Waals surface area contributed by atoms with Gasteiger partial charge in [0.2, 0.25) is 10.0 Å². The Hall–Kier alpha value is -0.730. The highest BCUT2D eigenvalue weighted by atomic mass is 35.5. The normalized spacial score (nSPS) is 13.4. The summed E-state index contributed by atoms with van der Waals surface area (Å²) in [4.78, 5) is -0.120. The average molecular weight is 340 g/mol. The van der Waals surface area contributed by atoms with Crippen molar-refractivity contribution in [2.24, 2.45) is 0 Å². The summed E-state index contributed by atoms with van der Waals surface area (Å²) in [5, 5.41) is 0. The summed E-state index contributed by atoms with van der Waals surface area (Å²) in [6.07, 6.45) is -0.425. The molecule has 0 aliphatic heterocycles. The van der Waals surface area contributed by atoms with E-state index >= 15 is 0 Å². The number of sulfonamides is 1. The summed E-state index contributed by atoms with van der Waals surface area (Å²) in [6, 6.07) is 2.59. The Morgan fingerprint density at radius 2 is 2.05 bits per heavy atom. The van der Waals surface area contributed by atoms with Gasteiger partial charge in [-0.2, -0.15) is 0 Å². The molecule has 21 heavy (non-hydrogen) atoms. The maximum absolute atomic E-state index is 13.7. The maximum Gasteiger partial charge on any atom is 0.241 e. The van der Waals surface area contributed by atoms with Crippen molar-refractivity contribution in [3.8, 4) is 0 Å². The van der Waals surface area contributed by atoms with Crippen LogP contribution in [0.25, 0.3) is 0 Å². The van der Waals surface area contributed by atoms with Gasteiger partial charge in [-0.25, -0.2) is 17.5 Å². The Bertz CT molecular complexity index is 580. The molecule has 1 N–H and O–H groups in total. The molecule has 0 bridgehead atoms. The molecule has 0 heterocycles. The standard InChI is InChI=1S/C13H19ClFNO4S/c1-9-12(15)4-10(6-14)5-13(9)21(17,18)16-7-11(20-3)8-19-2/h4-5,11,16H,6-8H2,1-3H3. The fraction of sp³-hybridized carbons (Fsp3) is 0.538. The van der Waals surface area contributed by atoms with Crippen molar-refractivity contribution in [1.29, 1.82) is 0 Å². The molecule has 0 spiro atoms. The van der Waals surface area contributed by atoms with E-state index < -0.39 is 21.9 Å². The highest BCUT2D eigenvalue weighted by Crippen LogP contribution is 2.21. The minimum absolute atomic E-state index is 0.0266. The SMILES string of the molecule is COCC(CNS(=O)(=O)c1cc(CCl)cc(F)c1C)OC. The van der Waals surface area contributed by atoms with Gasteiger partial charge in [-0.05, 0) is 24.6 Å². The molecule has 0 aromatic heterocycles. The second-order valence-corrected chi connectivity index (χ2v) is 6.50. The van der Waals surface area contributed by atoms with E-state index in [4.69, 9.17) is 21.1 Å². The Morgan fingerprint density at radius 3 is 2.57 bits per heavy atom. The van der Waals surface area contributed by atoms with Gasteiger partial charge >= 0.3 is 0 Å². The lowest BCUT2D eigenvalue weighted by Gasteiger charge is -2.16. The Labute approximate surface area is 129 Å². The zero-order valence-corrected chi connectivity index (χ0v) is 13.7. The van der Waals surface area contributed by atoms with Crippen molar-refractivity contribution in [1.82, 2.24) is 4.72 Å². The summed E-state index contributed by atoms with van der Waals surface area (Å²) < 4.78 is 50.7. The van der Waals surface area contributed by atoms with Gasteiger partial charge in [0, 0.05) is 32.2 Å². The van der Waals surface area contributed by atoms with Crippen LogP contribution in [0.5, 0.6) is 0 Å². The van der Waals surface area contributed by atoms with E-state index in [-0.39, 0.29) is 29.5 Å². The summed E-state index contributed by atoms with van der Waals surface area (Å²) in [6.45, 7) is 1.68. The number of alkyl halides is 1. The largest absolute Gasteiger partial charge is 0.382 e. The first-order valence-corrected chi connectivity index (χ1v) is 8.23.